The van der Waals surface area contributed by atoms with Gasteiger partial charge in [0, 0.05) is 0 Å². The second-order valence-electron chi connectivity index (χ2n) is 2.26. The molecule has 9 heteroatoms. The summed E-state index contributed by atoms with van der Waals surface area (Å²) in [4.78, 5) is 0. The maximum absolute atomic E-state index is 12.8. The zero-order chi connectivity index (χ0) is 10.2. The van der Waals surface area contributed by atoms with Crippen LogP contribution in [0.5, 0.6) is 0 Å². The van der Waals surface area contributed by atoms with E-state index in [1.54, 1.807) is 0 Å². The summed E-state index contributed by atoms with van der Waals surface area (Å²) in [5.74, 6) is 0. The molecule has 1 aliphatic rings. The first kappa shape index (κ1) is 11.0. The summed E-state index contributed by atoms with van der Waals surface area (Å²) >= 11 is 0. The van der Waals surface area contributed by atoms with Crippen LogP contribution in [0.3, 0.4) is 0 Å². The van der Waals surface area contributed by atoms with Crippen LogP contribution in [0.2, 0.25) is 0 Å². The molecule has 0 amide bonds. The molecule has 0 N–H and O–H groups in total. The predicted molar refractivity (Wildman–Crippen MR) is 33.0 cm³/mol. The molecule has 0 radical (unpaired) electrons. The van der Waals surface area contributed by atoms with Crippen LogP contribution in [0.4, 0.5) is 21.6 Å². The first-order valence-corrected chi connectivity index (χ1v) is 4.94. The van der Waals surface area contributed by atoms with Crippen LogP contribution in [-0.2, 0) is 13.6 Å². The van der Waals surface area contributed by atoms with Crippen LogP contribution in [0.25, 0.3) is 0 Å². The molecule has 80 valence electrons. The monoisotopic (exact) mass is 228 g/mol. The average Bonchev–Trinajstić information content (AvgIpc) is 2.29. The summed E-state index contributed by atoms with van der Waals surface area (Å²) in [5, 5.41) is 0. The molecule has 1 saturated heterocycles. The molecule has 0 bridgehead atoms. The normalized spacial score (nSPS) is 29.5. The molecular formula is C4H6F5O3P. The second-order valence-corrected chi connectivity index (χ2v) is 4.43. The molecule has 0 saturated carbocycles. The minimum absolute atomic E-state index is 0.456. The van der Waals surface area contributed by atoms with Gasteiger partial charge < -0.3 is 0 Å². The zero-order valence-corrected chi connectivity index (χ0v) is 7.08. The predicted octanol–water partition coefficient (Wildman–Crippen LogP) is 2.68. The van der Waals surface area contributed by atoms with E-state index in [1.165, 1.54) is 0 Å². The molecule has 1 fully saturated rings. The first-order valence-electron chi connectivity index (χ1n) is 3.17. The van der Waals surface area contributed by atoms with Gasteiger partial charge >= 0.3 is 69.0 Å². The van der Waals surface area contributed by atoms with E-state index in [9.17, 15) is 21.6 Å². The van der Waals surface area contributed by atoms with Crippen molar-refractivity contribution in [2.75, 3.05) is 19.8 Å². The topological polar surface area (TPSA) is 27.7 Å². The Morgan fingerprint density at radius 3 is 2.00 bits per heavy atom. The van der Waals surface area contributed by atoms with Gasteiger partial charge in [0.15, 0.2) is 0 Å². The van der Waals surface area contributed by atoms with Gasteiger partial charge in [-0.15, -0.1) is 0 Å². The SMILES string of the molecule is FC(F)(F)COP1(F)(F)OCCO1. The summed E-state index contributed by atoms with van der Waals surface area (Å²) in [7, 11) is -6.38. The Bertz CT molecular complexity index is 194. The van der Waals surface area contributed by atoms with E-state index in [-0.39, 0.29) is 0 Å². The van der Waals surface area contributed by atoms with Gasteiger partial charge in [-0.25, -0.2) is 0 Å². The third-order valence-electron chi connectivity index (χ3n) is 1.10. The summed E-state index contributed by atoms with van der Waals surface area (Å²) < 4.78 is 71.1. The Hall–Kier alpha value is -0.0400. The molecule has 1 rings (SSSR count). The van der Waals surface area contributed by atoms with Crippen molar-refractivity contribution in [2.24, 2.45) is 0 Å². The van der Waals surface area contributed by atoms with Crippen LogP contribution in [0.1, 0.15) is 0 Å². The summed E-state index contributed by atoms with van der Waals surface area (Å²) in [6, 6.07) is 0. The van der Waals surface area contributed by atoms with Crippen molar-refractivity contribution in [3.63, 3.8) is 0 Å². The van der Waals surface area contributed by atoms with Gasteiger partial charge in [0.1, 0.15) is 0 Å². The van der Waals surface area contributed by atoms with E-state index in [1.807, 2.05) is 0 Å². The van der Waals surface area contributed by atoms with E-state index >= 15 is 0 Å². The van der Waals surface area contributed by atoms with Crippen molar-refractivity contribution in [1.82, 2.24) is 0 Å². The fourth-order valence-corrected chi connectivity index (χ4v) is 1.94. The summed E-state index contributed by atoms with van der Waals surface area (Å²) in [6.07, 6.45) is -4.82. The van der Waals surface area contributed by atoms with Crippen molar-refractivity contribution in [3.05, 3.63) is 0 Å². The second kappa shape index (κ2) is 2.98. The van der Waals surface area contributed by atoms with Crippen LogP contribution >= 0.6 is 7.91 Å². The van der Waals surface area contributed by atoms with Gasteiger partial charge in [0.05, 0.1) is 0 Å². The van der Waals surface area contributed by atoms with E-state index in [0.29, 0.717) is 0 Å². The van der Waals surface area contributed by atoms with Gasteiger partial charge in [-0.05, 0) is 0 Å². The molecule has 0 spiro atoms. The standard InChI is InChI=1S/C4H6F5O3P/c5-4(6,7)3-12-13(8,9)10-1-2-11-13/h1-3H2. The van der Waals surface area contributed by atoms with Crippen molar-refractivity contribution in [1.29, 1.82) is 0 Å². The molecule has 3 nitrogen and oxygen atoms in total. The first-order chi connectivity index (χ1) is 5.70. The molecule has 1 aliphatic heterocycles. The van der Waals surface area contributed by atoms with E-state index in [2.05, 4.69) is 13.6 Å². The Balaban J connectivity index is 2.52. The van der Waals surface area contributed by atoms with Gasteiger partial charge in [0.2, 0.25) is 0 Å². The van der Waals surface area contributed by atoms with Crippen molar-refractivity contribution in [3.8, 4) is 0 Å². The molecule has 13 heavy (non-hydrogen) atoms. The summed E-state index contributed by atoms with van der Waals surface area (Å²) in [5.41, 5.74) is 0. The number of hydrogen-bond acceptors (Lipinski definition) is 3. The fraction of sp³-hybridized carbons (Fsp3) is 1.00. The molecule has 1 heterocycles. The molecule has 0 aromatic rings. The number of halogens is 5. The zero-order valence-electron chi connectivity index (χ0n) is 6.18. The maximum atomic E-state index is 12.8. The molecule has 0 unspecified atom stereocenters. The molecule has 0 atom stereocenters. The number of hydrogen-bond donors (Lipinski definition) is 0. The molecule has 0 aromatic carbocycles. The molecular weight excluding hydrogens is 222 g/mol. The number of rotatable bonds is 2. The Morgan fingerprint density at radius 2 is 1.62 bits per heavy atom. The van der Waals surface area contributed by atoms with Crippen LogP contribution < -0.4 is 0 Å². The van der Waals surface area contributed by atoms with E-state index in [4.69, 9.17) is 0 Å². The summed E-state index contributed by atoms with van der Waals surface area (Å²) in [6.45, 7) is -2.98. The van der Waals surface area contributed by atoms with E-state index < -0.39 is 33.9 Å². The van der Waals surface area contributed by atoms with Crippen molar-refractivity contribution >= 4 is 7.91 Å². The van der Waals surface area contributed by atoms with Gasteiger partial charge in [-0.1, -0.05) is 0 Å². The Kier molecular flexibility index (Phi) is 2.53. The van der Waals surface area contributed by atoms with Crippen molar-refractivity contribution in [2.45, 2.75) is 6.18 Å². The number of alkyl halides is 3. The fourth-order valence-electron chi connectivity index (χ4n) is 0.648. The third kappa shape index (κ3) is 3.30. The van der Waals surface area contributed by atoms with E-state index in [0.717, 1.165) is 0 Å². The minimum atomic E-state index is -6.38. The van der Waals surface area contributed by atoms with Gasteiger partial charge in [0.25, 0.3) is 0 Å². The quantitative estimate of drug-likeness (QED) is 0.537. The molecule has 0 aliphatic carbocycles. The van der Waals surface area contributed by atoms with Gasteiger partial charge in [-0.3, -0.25) is 0 Å². The molecule has 0 aromatic heterocycles. The van der Waals surface area contributed by atoms with Crippen LogP contribution in [0.15, 0.2) is 0 Å². The van der Waals surface area contributed by atoms with Crippen molar-refractivity contribution < 1.29 is 35.1 Å². The Morgan fingerprint density at radius 1 is 1.15 bits per heavy atom. The van der Waals surface area contributed by atoms with Crippen LogP contribution in [0, 0.1) is 0 Å². The Labute approximate surface area is 70.2 Å². The average molecular weight is 228 g/mol. The third-order valence-corrected chi connectivity index (χ3v) is 2.82. The van der Waals surface area contributed by atoms with Crippen LogP contribution in [-0.4, -0.2) is 26.0 Å². The van der Waals surface area contributed by atoms with Gasteiger partial charge in [-0.2, -0.15) is 0 Å².